The molecular weight excluding hydrogens is 342 g/mol. The van der Waals surface area contributed by atoms with E-state index in [2.05, 4.69) is 9.72 Å². The molecule has 0 aliphatic carbocycles. The van der Waals surface area contributed by atoms with Crippen LogP contribution in [0.2, 0.25) is 0 Å². The fraction of sp³-hybridized carbons (Fsp3) is 0.211. The summed E-state index contributed by atoms with van der Waals surface area (Å²) in [7, 11) is 0. The molecule has 2 heterocycles. The molecule has 4 rings (SSSR count). The minimum atomic E-state index is -2.83. The molecule has 0 bridgehead atoms. The quantitative estimate of drug-likeness (QED) is 0.690. The zero-order valence-electron chi connectivity index (χ0n) is 13.7. The van der Waals surface area contributed by atoms with Crippen molar-refractivity contribution in [1.29, 1.82) is 0 Å². The van der Waals surface area contributed by atoms with Crippen LogP contribution in [-0.4, -0.2) is 22.8 Å². The van der Waals surface area contributed by atoms with Gasteiger partial charge in [-0.3, -0.25) is 0 Å². The second-order valence-electron chi connectivity index (χ2n) is 5.88. The van der Waals surface area contributed by atoms with Gasteiger partial charge in [0.1, 0.15) is 12.4 Å². The number of fused-ring (bicyclic) bond motifs is 1. The first-order valence-electron chi connectivity index (χ1n) is 8.10. The third kappa shape index (κ3) is 3.61. The van der Waals surface area contributed by atoms with E-state index in [9.17, 15) is 8.78 Å². The molecule has 1 atom stereocenters. The summed E-state index contributed by atoms with van der Waals surface area (Å²) in [6, 6.07) is 12.2. The number of rotatable bonds is 5. The lowest BCUT2D eigenvalue weighted by Gasteiger charge is -2.27. The molecule has 0 N–H and O–H groups in total. The highest BCUT2D eigenvalue weighted by Crippen LogP contribution is 2.37. The Morgan fingerprint density at radius 2 is 2.00 bits per heavy atom. The Morgan fingerprint density at radius 1 is 1.15 bits per heavy atom. The van der Waals surface area contributed by atoms with Gasteiger partial charge in [0.05, 0.1) is 6.33 Å². The van der Waals surface area contributed by atoms with Gasteiger partial charge in [0.2, 0.25) is 0 Å². The number of imidazole rings is 1. The van der Waals surface area contributed by atoms with Crippen LogP contribution in [0.1, 0.15) is 17.2 Å². The summed E-state index contributed by atoms with van der Waals surface area (Å²) in [5.41, 5.74) is 1.91. The smallest absolute Gasteiger partial charge is 0.387 e. The highest BCUT2D eigenvalue weighted by atomic mass is 19.3. The Bertz CT molecular complexity index is 867. The van der Waals surface area contributed by atoms with Gasteiger partial charge in [0, 0.05) is 18.9 Å². The van der Waals surface area contributed by atoms with Crippen molar-refractivity contribution in [3.8, 4) is 17.2 Å². The molecule has 5 nitrogen and oxygen atoms in total. The summed E-state index contributed by atoms with van der Waals surface area (Å²) in [4.78, 5) is 4.03. The first-order valence-corrected chi connectivity index (χ1v) is 8.10. The molecule has 0 radical (unpaired) electrons. The predicted octanol–water partition coefficient (Wildman–Crippen LogP) is 4.05. The maximum atomic E-state index is 12.2. The largest absolute Gasteiger partial charge is 0.485 e. The normalized spacial score (nSPS) is 15.9. The number of aromatic nitrogens is 2. The van der Waals surface area contributed by atoms with E-state index in [1.165, 1.54) is 12.1 Å². The Balaban J connectivity index is 1.46. The molecule has 0 saturated carbocycles. The molecule has 0 fully saturated rings. The van der Waals surface area contributed by atoms with Gasteiger partial charge in [-0.1, -0.05) is 18.2 Å². The average molecular weight is 358 g/mol. The minimum absolute atomic E-state index is 0.116. The maximum absolute atomic E-state index is 12.2. The van der Waals surface area contributed by atoms with Gasteiger partial charge in [-0.2, -0.15) is 8.78 Å². The fourth-order valence-corrected chi connectivity index (χ4v) is 2.83. The summed E-state index contributed by atoms with van der Waals surface area (Å²) in [6.07, 6.45) is 5.09. The highest BCUT2D eigenvalue weighted by molar-refractivity contribution is 5.45. The van der Waals surface area contributed by atoms with Crippen LogP contribution in [0.3, 0.4) is 0 Å². The number of nitrogens with zero attached hydrogens (tertiary/aromatic N) is 2. The van der Waals surface area contributed by atoms with Crippen LogP contribution in [0.4, 0.5) is 8.78 Å². The first-order chi connectivity index (χ1) is 12.7. The van der Waals surface area contributed by atoms with Crippen LogP contribution >= 0.6 is 0 Å². The predicted molar refractivity (Wildman–Crippen MR) is 89.7 cm³/mol. The number of hydrogen-bond donors (Lipinski definition) is 0. The molecule has 0 saturated heterocycles. The van der Waals surface area contributed by atoms with Gasteiger partial charge < -0.3 is 18.8 Å². The summed E-state index contributed by atoms with van der Waals surface area (Å²) >= 11 is 0. The SMILES string of the molecule is FC(F)Oc1ccc(C2COc3cc(Cn4ccnc4)ccc3O2)cc1. The van der Waals surface area contributed by atoms with Crippen molar-refractivity contribution in [2.24, 2.45) is 0 Å². The van der Waals surface area contributed by atoms with Gasteiger partial charge in [0.25, 0.3) is 0 Å². The molecule has 0 amide bonds. The Hall–Kier alpha value is -3.09. The van der Waals surface area contributed by atoms with Crippen LogP contribution in [0.15, 0.2) is 61.2 Å². The number of alkyl halides is 2. The minimum Gasteiger partial charge on any atom is -0.485 e. The molecule has 3 aromatic rings. The van der Waals surface area contributed by atoms with Crippen molar-refractivity contribution < 1.29 is 23.0 Å². The molecule has 134 valence electrons. The van der Waals surface area contributed by atoms with Crippen LogP contribution in [0.25, 0.3) is 0 Å². The third-order valence-electron chi connectivity index (χ3n) is 4.07. The Morgan fingerprint density at radius 3 is 2.73 bits per heavy atom. The zero-order valence-corrected chi connectivity index (χ0v) is 13.7. The average Bonchev–Trinajstić information content (AvgIpc) is 3.14. The van der Waals surface area contributed by atoms with E-state index in [-0.39, 0.29) is 11.9 Å². The summed E-state index contributed by atoms with van der Waals surface area (Å²) < 4.78 is 42.6. The highest BCUT2D eigenvalue weighted by Gasteiger charge is 2.23. The van der Waals surface area contributed by atoms with E-state index in [1.807, 2.05) is 29.0 Å². The maximum Gasteiger partial charge on any atom is 0.387 e. The molecule has 1 aliphatic rings. The van der Waals surface area contributed by atoms with Crippen molar-refractivity contribution in [2.75, 3.05) is 6.61 Å². The fourth-order valence-electron chi connectivity index (χ4n) is 2.83. The molecule has 1 aromatic heterocycles. The van der Waals surface area contributed by atoms with Gasteiger partial charge in [-0.25, -0.2) is 4.98 Å². The lowest BCUT2D eigenvalue weighted by Crippen LogP contribution is -2.21. The molecule has 26 heavy (non-hydrogen) atoms. The summed E-state index contributed by atoms with van der Waals surface area (Å²) in [5.74, 6) is 1.46. The van der Waals surface area contributed by atoms with Crippen molar-refractivity contribution in [1.82, 2.24) is 9.55 Å². The lowest BCUT2D eigenvalue weighted by molar-refractivity contribution is -0.0498. The zero-order chi connectivity index (χ0) is 17.9. The van der Waals surface area contributed by atoms with E-state index in [0.717, 1.165) is 11.1 Å². The monoisotopic (exact) mass is 358 g/mol. The van der Waals surface area contributed by atoms with Crippen LogP contribution in [-0.2, 0) is 6.54 Å². The lowest BCUT2D eigenvalue weighted by atomic mass is 10.1. The summed E-state index contributed by atoms with van der Waals surface area (Å²) in [6.45, 7) is -1.79. The summed E-state index contributed by atoms with van der Waals surface area (Å²) in [5, 5.41) is 0. The van der Waals surface area contributed by atoms with Crippen molar-refractivity contribution in [2.45, 2.75) is 19.3 Å². The number of halogens is 2. The Labute approximate surface area is 148 Å². The molecule has 1 aliphatic heterocycles. The van der Waals surface area contributed by atoms with Gasteiger partial charge in [-0.05, 0) is 35.4 Å². The number of benzene rings is 2. The molecule has 0 spiro atoms. The second kappa shape index (κ2) is 7.03. The van der Waals surface area contributed by atoms with E-state index in [0.29, 0.717) is 24.7 Å². The van der Waals surface area contributed by atoms with E-state index >= 15 is 0 Å². The topological polar surface area (TPSA) is 45.5 Å². The first kappa shape index (κ1) is 16.4. The standard InChI is InChI=1S/C19H16F2N2O3/c20-19(21)25-15-4-2-14(3-5-15)18-11-24-17-9-13(1-6-16(17)26-18)10-23-8-7-22-12-23/h1-9,12,18-19H,10-11H2. The number of ether oxygens (including phenoxy) is 3. The third-order valence-corrected chi connectivity index (χ3v) is 4.07. The van der Waals surface area contributed by atoms with Crippen molar-refractivity contribution >= 4 is 0 Å². The van der Waals surface area contributed by atoms with Crippen molar-refractivity contribution in [3.05, 3.63) is 72.3 Å². The van der Waals surface area contributed by atoms with Crippen LogP contribution in [0, 0.1) is 0 Å². The van der Waals surface area contributed by atoms with E-state index < -0.39 is 6.61 Å². The van der Waals surface area contributed by atoms with E-state index in [4.69, 9.17) is 9.47 Å². The van der Waals surface area contributed by atoms with Crippen LogP contribution in [0.5, 0.6) is 17.2 Å². The number of hydrogen-bond acceptors (Lipinski definition) is 4. The van der Waals surface area contributed by atoms with Gasteiger partial charge in [-0.15, -0.1) is 0 Å². The molecule has 2 aromatic carbocycles. The van der Waals surface area contributed by atoms with E-state index in [1.54, 1.807) is 24.7 Å². The molecule has 1 unspecified atom stereocenters. The molecule has 7 heteroatoms. The van der Waals surface area contributed by atoms with Gasteiger partial charge >= 0.3 is 6.61 Å². The molecular formula is C19H16F2N2O3. The van der Waals surface area contributed by atoms with Crippen molar-refractivity contribution in [3.63, 3.8) is 0 Å². The van der Waals surface area contributed by atoms with Gasteiger partial charge in [0.15, 0.2) is 17.6 Å². The van der Waals surface area contributed by atoms with Crippen LogP contribution < -0.4 is 14.2 Å². The Kier molecular flexibility index (Phi) is 4.43. The second-order valence-corrected chi connectivity index (χ2v) is 5.88.